The van der Waals surface area contributed by atoms with Crippen molar-refractivity contribution in [3.05, 3.63) is 12.8 Å². The Balaban J connectivity index is 2.98. The SMILES string of the molecule is C=COCCCCCCCCCCCCCCCCCCNC(C)=O. The van der Waals surface area contributed by atoms with Crippen molar-refractivity contribution in [2.75, 3.05) is 13.2 Å². The van der Waals surface area contributed by atoms with E-state index in [-0.39, 0.29) is 5.91 Å². The monoisotopic (exact) mass is 353 g/mol. The third-order valence-electron chi connectivity index (χ3n) is 4.68. The van der Waals surface area contributed by atoms with Crippen LogP contribution in [0.4, 0.5) is 0 Å². The number of carbonyl (C=O) groups is 1. The summed E-state index contributed by atoms with van der Waals surface area (Å²) in [4.78, 5) is 10.7. The van der Waals surface area contributed by atoms with Gasteiger partial charge in [-0.25, -0.2) is 0 Å². The molecule has 0 radical (unpaired) electrons. The molecule has 1 N–H and O–H groups in total. The van der Waals surface area contributed by atoms with Crippen molar-refractivity contribution < 1.29 is 9.53 Å². The van der Waals surface area contributed by atoms with Crippen molar-refractivity contribution in [1.82, 2.24) is 5.32 Å². The zero-order valence-electron chi connectivity index (χ0n) is 16.8. The van der Waals surface area contributed by atoms with Crippen LogP contribution in [-0.4, -0.2) is 19.1 Å². The summed E-state index contributed by atoms with van der Waals surface area (Å²) in [6, 6.07) is 0. The molecule has 1 amide bonds. The Bertz CT molecular complexity index is 292. The minimum atomic E-state index is 0.0920. The van der Waals surface area contributed by atoms with E-state index < -0.39 is 0 Å². The van der Waals surface area contributed by atoms with Gasteiger partial charge < -0.3 is 10.1 Å². The lowest BCUT2D eigenvalue weighted by Gasteiger charge is -2.04. The lowest BCUT2D eigenvalue weighted by Crippen LogP contribution is -2.20. The minimum Gasteiger partial charge on any atom is -0.502 e. The third kappa shape index (κ3) is 23.0. The molecule has 0 spiro atoms. The molecule has 0 atom stereocenters. The molecule has 0 aliphatic carbocycles. The highest BCUT2D eigenvalue weighted by molar-refractivity contribution is 5.72. The number of unbranched alkanes of at least 4 members (excludes halogenated alkanes) is 15. The Kier molecular flexibility index (Phi) is 20.2. The maximum absolute atomic E-state index is 10.7. The number of amides is 1. The van der Waals surface area contributed by atoms with Gasteiger partial charge in [-0.2, -0.15) is 0 Å². The molecule has 148 valence electrons. The maximum Gasteiger partial charge on any atom is 0.216 e. The predicted octanol–water partition coefficient (Wildman–Crippen LogP) is 6.52. The van der Waals surface area contributed by atoms with Crippen molar-refractivity contribution in [2.24, 2.45) is 0 Å². The van der Waals surface area contributed by atoms with Crippen LogP contribution in [0.2, 0.25) is 0 Å². The molecular formula is C22H43NO2. The van der Waals surface area contributed by atoms with E-state index in [1.807, 2.05) is 0 Å². The van der Waals surface area contributed by atoms with Gasteiger partial charge in [-0.05, 0) is 12.8 Å². The molecule has 0 rings (SSSR count). The van der Waals surface area contributed by atoms with Crippen LogP contribution in [0.3, 0.4) is 0 Å². The van der Waals surface area contributed by atoms with Crippen molar-refractivity contribution in [3.8, 4) is 0 Å². The Hall–Kier alpha value is -0.990. The Labute approximate surface area is 157 Å². The maximum atomic E-state index is 10.7. The quantitative estimate of drug-likeness (QED) is 0.200. The predicted molar refractivity (Wildman–Crippen MR) is 109 cm³/mol. The summed E-state index contributed by atoms with van der Waals surface area (Å²) in [5.41, 5.74) is 0. The van der Waals surface area contributed by atoms with Crippen molar-refractivity contribution in [1.29, 1.82) is 0 Å². The minimum absolute atomic E-state index is 0.0920. The topological polar surface area (TPSA) is 38.3 Å². The first-order valence-corrected chi connectivity index (χ1v) is 10.7. The Morgan fingerprint density at radius 1 is 0.720 bits per heavy atom. The van der Waals surface area contributed by atoms with E-state index >= 15 is 0 Å². The van der Waals surface area contributed by atoms with Gasteiger partial charge in [0, 0.05) is 13.5 Å². The summed E-state index contributed by atoms with van der Waals surface area (Å²) in [6.07, 6.45) is 23.1. The molecule has 0 aromatic carbocycles. The van der Waals surface area contributed by atoms with Crippen LogP contribution >= 0.6 is 0 Å². The Morgan fingerprint density at radius 3 is 1.44 bits per heavy atom. The van der Waals surface area contributed by atoms with Gasteiger partial charge in [0.2, 0.25) is 5.91 Å². The second-order valence-corrected chi connectivity index (χ2v) is 7.18. The van der Waals surface area contributed by atoms with E-state index in [0.29, 0.717) is 0 Å². The number of ether oxygens (including phenoxy) is 1. The summed E-state index contributed by atoms with van der Waals surface area (Å²) < 4.78 is 5.12. The lowest BCUT2D eigenvalue weighted by atomic mass is 10.0. The van der Waals surface area contributed by atoms with Gasteiger partial charge in [0.15, 0.2) is 0 Å². The van der Waals surface area contributed by atoms with E-state index in [2.05, 4.69) is 11.9 Å². The van der Waals surface area contributed by atoms with Gasteiger partial charge in [0.1, 0.15) is 0 Å². The van der Waals surface area contributed by atoms with Crippen molar-refractivity contribution >= 4 is 5.91 Å². The smallest absolute Gasteiger partial charge is 0.216 e. The first kappa shape index (κ1) is 24.0. The molecule has 3 nitrogen and oxygen atoms in total. The number of carbonyl (C=O) groups excluding carboxylic acids is 1. The molecule has 0 aromatic heterocycles. The number of nitrogens with one attached hydrogen (secondary N) is 1. The molecule has 0 aliphatic heterocycles. The fourth-order valence-corrected chi connectivity index (χ4v) is 3.13. The average molecular weight is 354 g/mol. The standard InChI is InChI=1S/C22H43NO2/c1-3-25-21-19-17-15-13-11-9-7-5-4-6-8-10-12-14-16-18-20-23-22(2)24/h3H,1,4-21H2,2H3,(H,23,24). The highest BCUT2D eigenvalue weighted by Crippen LogP contribution is 2.13. The number of rotatable bonds is 20. The van der Waals surface area contributed by atoms with Gasteiger partial charge in [-0.1, -0.05) is 96.5 Å². The second kappa shape index (κ2) is 21.1. The summed E-state index contributed by atoms with van der Waals surface area (Å²) in [6.45, 7) is 6.82. The number of hydrogen-bond donors (Lipinski definition) is 1. The summed E-state index contributed by atoms with van der Waals surface area (Å²) in [7, 11) is 0. The molecule has 0 aromatic rings. The van der Waals surface area contributed by atoms with Crippen LogP contribution in [-0.2, 0) is 9.53 Å². The largest absolute Gasteiger partial charge is 0.502 e. The highest BCUT2D eigenvalue weighted by atomic mass is 16.5. The van der Waals surface area contributed by atoms with Gasteiger partial charge in [0.25, 0.3) is 0 Å². The van der Waals surface area contributed by atoms with Crippen LogP contribution in [0.1, 0.15) is 110 Å². The fourth-order valence-electron chi connectivity index (χ4n) is 3.13. The molecule has 0 heterocycles. The van der Waals surface area contributed by atoms with Crippen LogP contribution in [0, 0.1) is 0 Å². The van der Waals surface area contributed by atoms with E-state index in [1.54, 1.807) is 6.92 Å². The van der Waals surface area contributed by atoms with Crippen LogP contribution < -0.4 is 5.32 Å². The van der Waals surface area contributed by atoms with Gasteiger partial charge in [-0.3, -0.25) is 4.79 Å². The second-order valence-electron chi connectivity index (χ2n) is 7.18. The molecule has 0 saturated heterocycles. The van der Waals surface area contributed by atoms with E-state index in [9.17, 15) is 4.79 Å². The summed E-state index contributed by atoms with van der Waals surface area (Å²) >= 11 is 0. The molecule has 0 aliphatic rings. The molecule has 0 fully saturated rings. The molecule has 0 bridgehead atoms. The normalized spacial score (nSPS) is 10.6. The average Bonchev–Trinajstić information content (AvgIpc) is 2.60. The summed E-state index contributed by atoms with van der Waals surface area (Å²) in [5, 5.41) is 2.86. The Morgan fingerprint density at radius 2 is 1.08 bits per heavy atom. The van der Waals surface area contributed by atoms with Crippen LogP contribution in [0.15, 0.2) is 12.8 Å². The van der Waals surface area contributed by atoms with E-state index in [1.165, 1.54) is 103 Å². The first-order valence-electron chi connectivity index (χ1n) is 10.7. The number of hydrogen-bond acceptors (Lipinski definition) is 2. The lowest BCUT2D eigenvalue weighted by molar-refractivity contribution is -0.118. The highest BCUT2D eigenvalue weighted by Gasteiger charge is 1.95. The zero-order chi connectivity index (χ0) is 18.4. The molecule has 3 heteroatoms. The zero-order valence-corrected chi connectivity index (χ0v) is 16.8. The van der Waals surface area contributed by atoms with E-state index in [4.69, 9.17) is 4.74 Å². The molecular weight excluding hydrogens is 310 g/mol. The van der Waals surface area contributed by atoms with Gasteiger partial charge >= 0.3 is 0 Å². The van der Waals surface area contributed by atoms with Crippen molar-refractivity contribution in [3.63, 3.8) is 0 Å². The fraction of sp³-hybridized carbons (Fsp3) is 0.864. The van der Waals surface area contributed by atoms with Crippen LogP contribution in [0.25, 0.3) is 0 Å². The molecule has 25 heavy (non-hydrogen) atoms. The third-order valence-corrected chi connectivity index (χ3v) is 4.68. The summed E-state index contributed by atoms with van der Waals surface area (Å²) in [5.74, 6) is 0.0920. The van der Waals surface area contributed by atoms with Crippen LogP contribution in [0.5, 0.6) is 0 Å². The van der Waals surface area contributed by atoms with Gasteiger partial charge in [-0.15, -0.1) is 0 Å². The van der Waals surface area contributed by atoms with Gasteiger partial charge in [0.05, 0.1) is 12.9 Å². The first-order chi connectivity index (χ1) is 12.3. The molecule has 0 saturated carbocycles. The van der Waals surface area contributed by atoms with E-state index in [0.717, 1.165) is 19.6 Å². The van der Waals surface area contributed by atoms with Crippen molar-refractivity contribution in [2.45, 2.75) is 110 Å². The molecule has 0 unspecified atom stereocenters.